The van der Waals surface area contributed by atoms with Crippen LogP contribution < -0.4 is 10.6 Å². The van der Waals surface area contributed by atoms with E-state index in [0.29, 0.717) is 48.0 Å². The second-order valence-electron chi connectivity index (χ2n) is 10.4. The molecular weight excluding hydrogens is 494 g/mol. The van der Waals surface area contributed by atoms with E-state index in [1.165, 1.54) is 4.90 Å². The highest BCUT2D eigenvalue weighted by Gasteiger charge is 2.39. The number of ether oxygens (including phenoxy) is 1. The van der Waals surface area contributed by atoms with Gasteiger partial charge in [0.25, 0.3) is 0 Å². The third-order valence-electron chi connectivity index (χ3n) is 6.26. The summed E-state index contributed by atoms with van der Waals surface area (Å²) < 4.78 is 5.45. The number of nitrogens with one attached hydrogen (secondary N) is 2. The first-order valence-electron chi connectivity index (χ1n) is 12.6. The molecule has 3 rings (SSSR count). The number of nitrogens with zero attached hydrogens (tertiary/aromatic N) is 3. The van der Waals surface area contributed by atoms with Gasteiger partial charge in [0.05, 0.1) is 18.2 Å². The molecule has 0 bridgehead atoms. The van der Waals surface area contributed by atoms with Gasteiger partial charge in [0.2, 0.25) is 0 Å². The van der Waals surface area contributed by atoms with Gasteiger partial charge in [-0.25, -0.2) is 14.4 Å². The number of carbonyl (C=O) groups excluding carboxylic acids is 3. The summed E-state index contributed by atoms with van der Waals surface area (Å²) in [5.74, 6) is -0.493. The van der Waals surface area contributed by atoms with Crippen LogP contribution in [0.5, 0.6) is 0 Å². The fourth-order valence-corrected chi connectivity index (χ4v) is 4.86. The topological polar surface area (TPSA) is 94.2 Å². The molecule has 9 nitrogen and oxygen atoms in total. The van der Waals surface area contributed by atoms with E-state index >= 15 is 0 Å². The molecular formula is C27H38ClN5O4. The highest BCUT2D eigenvalue weighted by molar-refractivity contribution is 6.30. The molecule has 2 aliphatic rings. The van der Waals surface area contributed by atoms with Gasteiger partial charge in [0.15, 0.2) is 0 Å². The SMILES string of the molecule is C=CCN1C(=O)N[C@H](c2cccc(Cl)c2)C(C(=O)OCC)=C1CN1CCN(C(=O)NC(C)(C)C)[C@@H](C)C1. The van der Waals surface area contributed by atoms with E-state index in [1.807, 2.05) is 38.7 Å². The fraction of sp³-hybridized carbons (Fsp3) is 0.519. The number of benzene rings is 1. The molecule has 1 aromatic carbocycles. The van der Waals surface area contributed by atoms with Gasteiger partial charge >= 0.3 is 18.0 Å². The van der Waals surface area contributed by atoms with Crippen LogP contribution in [0.2, 0.25) is 5.02 Å². The van der Waals surface area contributed by atoms with E-state index in [2.05, 4.69) is 22.1 Å². The molecule has 0 aromatic heterocycles. The fourth-order valence-electron chi connectivity index (χ4n) is 4.66. The summed E-state index contributed by atoms with van der Waals surface area (Å²) in [5, 5.41) is 6.47. The first kappa shape index (κ1) is 28.5. The zero-order valence-electron chi connectivity index (χ0n) is 22.3. The monoisotopic (exact) mass is 531 g/mol. The van der Waals surface area contributed by atoms with Gasteiger partial charge < -0.3 is 20.3 Å². The average Bonchev–Trinajstić information content (AvgIpc) is 2.80. The smallest absolute Gasteiger partial charge is 0.338 e. The van der Waals surface area contributed by atoms with Crippen LogP contribution in [0.1, 0.15) is 46.2 Å². The quantitative estimate of drug-likeness (QED) is 0.411. The number of hydrogen-bond acceptors (Lipinski definition) is 5. The minimum Gasteiger partial charge on any atom is -0.463 e. The van der Waals surface area contributed by atoms with Crippen LogP contribution in [0.25, 0.3) is 0 Å². The number of hydrogen-bond donors (Lipinski definition) is 2. The third kappa shape index (κ3) is 7.05. The molecule has 2 aliphatic heterocycles. The Hall–Kier alpha value is -3.04. The van der Waals surface area contributed by atoms with Crippen molar-refractivity contribution < 1.29 is 19.1 Å². The number of amides is 4. The molecule has 4 amide bonds. The van der Waals surface area contributed by atoms with Crippen LogP contribution in [-0.4, -0.2) is 83.6 Å². The molecule has 2 heterocycles. The number of piperazine rings is 1. The van der Waals surface area contributed by atoms with Crippen molar-refractivity contribution in [2.45, 2.75) is 52.2 Å². The Balaban J connectivity index is 1.96. The average molecular weight is 532 g/mol. The van der Waals surface area contributed by atoms with E-state index in [9.17, 15) is 14.4 Å². The predicted octanol–water partition coefficient (Wildman–Crippen LogP) is 3.92. The van der Waals surface area contributed by atoms with Crippen molar-refractivity contribution in [1.29, 1.82) is 0 Å². The van der Waals surface area contributed by atoms with Gasteiger partial charge in [-0.05, 0) is 52.3 Å². The zero-order valence-corrected chi connectivity index (χ0v) is 23.1. The Bertz CT molecular complexity index is 1070. The van der Waals surface area contributed by atoms with Gasteiger partial charge in [-0.3, -0.25) is 9.80 Å². The van der Waals surface area contributed by atoms with Crippen LogP contribution in [0.15, 0.2) is 48.2 Å². The molecule has 0 radical (unpaired) electrons. The lowest BCUT2D eigenvalue weighted by molar-refractivity contribution is -0.139. The standard InChI is InChI=1S/C27H38ClN5O4/c1-7-12-33-21(17-31-13-14-32(18(3)16-31)26(36)30-27(4,5)6)22(24(34)37-8-2)23(29-25(33)35)19-10-9-11-20(28)15-19/h7,9-11,15,18,23H,1,8,12-14,16-17H2,2-6H3,(H,29,35)(H,30,36)/t18-,23+/m0/s1. The molecule has 0 spiro atoms. The van der Waals surface area contributed by atoms with E-state index in [0.717, 1.165) is 0 Å². The maximum Gasteiger partial charge on any atom is 0.338 e. The lowest BCUT2D eigenvalue weighted by Gasteiger charge is -2.43. The van der Waals surface area contributed by atoms with E-state index < -0.39 is 12.0 Å². The maximum absolute atomic E-state index is 13.3. The van der Waals surface area contributed by atoms with Crippen molar-refractivity contribution in [2.75, 3.05) is 39.3 Å². The molecule has 0 unspecified atom stereocenters. The first-order valence-corrected chi connectivity index (χ1v) is 13.0. The third-order valence-corrected chi connectivity index (χ3v) is 6.49. The van der Waals surface area contributed by atoms with Crippen molar-refractivity contribution in [3.63, 3.8) is 0 Å². The van der Waals surface area contributed by atoms with Gasteiger partial charge in [-0.15, -0.1) is 6.58 Å². The van der Waals surface area contributed by atoms with Crippen LogP contribution in [0.4, 0.5) is 9.59 Å². The number of rotatable bonds is 7. The van der Waals surface area contributed by atoms with Crippen LogP contribution in [0, 0.1) is 0 Å². The zero-order chi connectivity index (χ0) is 27.3. The van der Waals surface area contributed by atoms with Gasteiger partial charge in [0, 0.05) is 55.0 Å². The largest absolute Gasteiger partial charge is 0.463 e. The minimum absolute atomic E-state index is 0.0586. The van der Waals surface area contributed by atoms with Crippen molar-refractivity contribution >= 4 is 29.6 Å². The van der Waals surface area contributed by atoms with E-state index in [1.54, 1.807) is 31.2 Å². The molecule has 0 saturated carbocycles. The summed E-state index contributed by atoms with van der Waals surface area (Å²) in [5.41, 5.74) is 1.29. The van der Waals surface area contributed by atoms with E-state index in [4.69, 9.17) is 16.3 Å². The Morgan fingerprint density at radius 3 is 2.62 bits per heavy atom. The first-order chi connectivity index (χ1) is 17.4. The molecule has 1 aromatic rings. The number of urea groups is 2. The molecule has 1 fully saturated rings. The second kappa shape index (κ2) is 12.0. The van der Waals surface area contributed by atoms with E-state index in [-0.39, 0.29) is 36.8 Å². The molecule has 10 heteroatoms. The lowest BCUT2D eigenvalue weighted by atomic mass is 9.94. The van der Waals surface area contributed by atoms with Gasteiger partial charge in [-0.1, -0.05) is 29.8 Å². The van der Waals surface area contributed by atoms with Gasteiger partial charge in [0.1, 0.15) is 0 Å². The molecule has 202 valence electrons. The molecule has 2 atom stereocenters. The van der Waals surface area contributed by atoms with Crippen molar-refractivity contribution in [3.8, 4) is 0 Å². The predicted molar refractivity (Wildman–Crippen MR) is 144 cm³/mol. The molecule has 0 aliphatic carbocycles. The second-order valence-corrected chi connectivity index (χ2v) is 10.8. The summed E-state index contributed by atoms with van der Waals surface area (Å²) in [7, 11) is 0. The van der Waals surface area contributed by atoms with Crippen molar-refractivity contribution in [1.82, 2.24) is 25.3 Å². The van der Waals surface area contributed by atoms with Crippen molar-refractivity contribution in [3.05, 3.63) is 58.8 Å². The number of halogens is 1. The van der Waals surface area contributed by atoms with Crippen LogP contribution in [0.3, 0.4) is 0 Å². The van der Waals surface area contributed by atoms with Crippen LogP contribution >= 0.6 is 11.6 Å². The minimum atomic E-state index is -0.711. The Morgan fingerprint density at radius 2 is 2.03 bits per heavy atom. The maximum atomic E-state index is 13.3. The highest BCUT2D eigenvalue weighted by Crippen LogP contribution is 2.33. The van der Waals surface area contributed by atoms with Gasteiger partial charge in [-0.2, -0.15) is 0 Å². The number of esters is 1. The Labute approximate surface area is 224 Å². The normalized spacial score (nSPS) is 21.0. The summed E-state index contributed by atoms with van der Waals surface area (Å²) in [6.45, 7) is 15.9. The molecule has 37 heavy (non-hydrogen) atoms. The summed E-state index contributed by atoms with van der Waals surface area (Å²) >= 11 is 6.24. The summed E-state index contributed by atoms with van der Waals surface area (Å²) in [6.07, 6.45) is 1.62. The lowest BCUT2D eigenvalue weighted by Crippen LogP contribution is -2.59. The molecule has 2 N–H and O–H groups in total. The Kier molecular flexibility index (Phi) is 9.26. The van der Waals surface area contributed by atoms with Crippen molar-refractivity contribution in [2.24, 2.45) is 0 Å². The van der Waals surface area contributed by atoms with Crippen LogP contribution in [-0.2, 0) is 9.53 Å². The summed E-state index contributed by atoms with van der Waals surface area (Å²) in [4.78, 5) is 44.9. The Morgan fingerprint density at radius 1 is 1.30 bits per heavy atom. The highest BCUT2D eigenvalue weighted by atomic mass is 35.5. The molecule has 1 saturated heterocycles. The number of carbonyl (C=O) groups is 3. The summed E-state index contributed by atoms with van der Waals surface area (Å²) in [6, 6.07) is 5.89.